The predicted octanol–water partition coefficient (Wildman–Crippen LogP) is 3.34. The third-order valence-electron chi connectivity index (χ3n) is 4.65. The van der Waals surface area contributed by atoms with Gasteiger partial charge in [0.2, 0.25) is 0 Å². The van der Waals surface area contributed by atoms with E-state index < -0.39 is 0 Å². The minimum absolute atomic E-state index is 0.348. The molecule has 2 N–H and O–H groups in total. The predicted molar refractivity (Wildman–Crippen MR) is 83.6 cm³/mol. The minimum Gasteiger partial charge on any atom is -0.396 e. The lowest BCUT2D eigenvalue weighted by molar-refractivity contribution is 0.192. The molecular weight excluding hydrogens is 246 g/mol. The van der Waals surface area contributed by atoms with Gasteiger partial charge in [0.15, 0.2) is 0 Å². The molecule has 2 aromatic carbocycles. The second-order valence-corrected chi connectivity index (χ2v) is 5.90. The van der Waals surface area contributed by atoms with Gasteiger partial charge in [-0.05, 0) is 47.6 Å². The Morgan fingerprint density at radius 3 is 2.70 bits per heavy atom. The molecular formula is C18H23NO. The molecule has 3 rings (SSSR count). The van der Waals surface area contributed by atoms with Crippen molar-refractivity contribution in [2.75, 3.05) is 13.2 Å². The maximum atomic E-state index is 9.37. The summed E-state index contributed by atoms with van der Waals surface area (Å²) in [5.74, 6) is 1.16. The van der Waals surface area contributed by atoms with Crippen LogP contribution in [0.3, 0.4) is 0 Å². The summed E-state index contributed by atoms with van der Waals surface area (Å²) >= 11 is 0. The fraction of sp³-hybridized carbons (Fsp3) is 0.444. The Hall–Kier alpha value is -1.38. The largest absolute Gasteiger partial charge is 0.396 e. The molecule has 2 unspecified atom stereocenters. The quantitative estimate of drug-likeness (QED) is 0.872. The van der Waals surface area contributed by atoms with Crippen LogP contribution in [0.2, 0.25) is 0 Å². The smallest absolute Gasteiger partial charge is 0.0462 e. The van der Waals surface area contributed by atoms with Crippen LogP contribution in [-0.4, -0.2) is 18.3 Å². The van der Waals surface area contributed by atoms with Crippen LogP contribution in [-0.2, 0) is 6.54 Å². The number of rotatable bonds is 5. The number of benzene rings is 2. The Bertz CT molecular complexity index is 561. The zero-order valence-corrected chi connectivity index (χ0v) is 11.9. The number of fused-ring (bicyclic) bond motifs is 1. The van der Waals surface area contributed by atoms with Crippen molar-refractivity contribution >= 4 is 10.8 Å². The zero-order valence-electron chi connectivity index (χ0n) is 11.9. The summed E-state index contributed by atoms with van der Waals surface area (Å²) in [6.07, 6.45) is 3.72. The number of aliphatic hydroxyl groups is 1. The van der Waals surface area contributed by atoms with E-state index in [4.69, 9.17) is 0 Å². The molecule has 2 heteroatoms. The van der Waals surface area contributed by atoms with Crippen molar-refractivity contribution in [3.05, 3.63) is 48.0 Å². The Morgan fingerprint density at radius 1 is 1.00 bits per heavy atom. The van der Waals surface area contributed by atoms with Gasteiger partial charge in [0.05, 0.1) is 0 Å². The highest BCUT2D eigenvalue weighted by Gasteiger charge is 2.25. The summed E-state index contributed by atoms with van der Waals surface area (Å²) in [4.78, 5) is 0. The van der Waals surface area contributed by atoms with E-state index in [1.807, 2.05) is 0 Å². The summed E-state index contributed by atoms with van der Waals surface area (Å²) < 4.78 is 0. The summed E-state index contributed by atoms with van der Waals surface area (Å²) in [7, 11) is 0. The zero-order chi connectivity index (χ0) is 13.8. The molecule has 0 bridgehead atoms. The molecule has 1 fully saturated rings. The first-order valence-corrected chi connectivity index (χ1v) is 7.66. The van der Waals surface area contributed by atoms with E-state index in [1.54, 1.807) is 0 Å². The summed E-state index contributed by atoms with van der Waals surface area (Å²) in [6, 6.07) is 15.0. The summed E-state index contributed by atoms with van der Waals surface area (Å²) in [5.41, 5.74) is 1.36. The molecule has 20 heavy (non-hydrogen) atoms. The van der Waals surface area contributed by atoms with Gasteiger partial charge in [-0.2, -0.15) is 0 Å². The lowest BCUT2D eigenvalue weighted by atomic mass is 9.97. The van der Waals surface area contributed by atoms with E-state index in [2.05, 4.69) is 47.8 Å². The number of aliphatic hydroxyl groups excluding tert-OH is 1. The van der Waals surface area contributed by atoms with Gasteiger partial charge in [0.1, 0.15) is 0 Å². The van der Waals surface area contributed by atoms with Crippen LogP contribution >= 0.6 is 0 Å². The molecule has 0 amide bonds. The Kier molecular flexibility index (Phi) is 4.34. The molecule has 0 radical (unpaired) electrons. The highest BCUT2D eigenvalue weighted by molar-refractivity contribution is 5.85. The van der Waals surface area contributed by atoms with Gasteiger partial charge < -0.3 is 10.4 Å². The first kappa shape index (κ1) is 13.6. The van der Waals surface area contributed by atoms with Crippen LogP contribution in [0.25, 0.3) is 10.8 Å². The van der Waals surface area contributed by atoms with Crippen LogP contribution in [0.1, 0.15) is 24.8 Å². The van der Waals surface area contributed by atoms with Crippen molar-refractivity contribution < 1.29 is 5.11 Å². The van der Waals surface area contributed by atoms with Gasteiger partial charge in [-0.1, -0.05) is 48.9 Å². The molecule has 0 heterocycles. The second-order valence-electron chi connectivity index (χ2n) is 5.90. The lowest BCUT2D eigenvalue weighted by Gasteiger charge is -2.18. The topological polar surface area (TPSA) is 32.3 Å². The fourth-order valence-electron chi connectivity index (χ4n) is 3.46. The molecule has 0 saturated heterocycles. The fourth-order valence-corrected chi connectivity index (χ4v) is 3.46. The highest BCUT2D eigenvalue weighted by Crippen LogP contribution is 2.30. The molecule has 2 atom stereocenters. The first-order valence-electron chi connectivity index (χ1n) is 7.66. The van der Waals surface area contributed by atoms with Gasteiger partial charge >= 0.3 is 0 Å². The highest BCUT2D eigenvalue weighted by atomic mass is 16.3. The normalized spacial score (nSPS) is 22.4. The summed E-state index contributed by atoms with van der Waals surface area (Å²) in [5, 5.41) is 15.6. The Morgan fingerprint density at radius 2 is 1.80 bits per heavy atom. The van der Waals surface area contributed by atoms with E-state index in [0.717, 1.165) is 13.1 Å². The van der Waals surface area contributed by atoms with Gasteiger partial charge in [-0.25, -0.2) is 0 Å². The van der Waals surface area contributed by atoms with Crippen molar-refractivity contribution in [3.63, 3.8) is 0 Å². The van der Waals surface area contributed by atoms with Crippen molar-refractivity contribution in [3.8, 4) is 0 Å². The Balaban J connectivity index is 1.63. The third kappa shape index (κ3) is 2.87. The van der Waals surface area contributed by atoms with Crippen molar-refractivity contribution in [1.82, 2.24) is 5.32 Å². The number of hydrogen-bond donors (Lipinski definition) is 2. The van der Waals surface area contributed by atoms with E-state index >= 15 is 0 Å². The van der Waals surface area contributed by atoms with Crippen LogP contribution in [0.5, 0.6) is 0 Å². The SMILES string of the molecule is OCC1CCCC1CNCc1cccc2ccccc12. The standard InChI is InChI=1S/C18H23NO/c20-13-17-9-4-7-15(17)11-19-12-16-8-3-6-14-5-1-2-10-18(14)16/h1-3,5-6,8,10,15,17,19-20H,4,7,9,11-13H2. The van der Waals surface area contributed by atoms with Crippen molar-refractivity contribution in [1.29, 1.82) is 0 Å². The van der Waals surface area contributed by atoms with Crippen LogP contribution in [0, 0.1) is 11.8 Å². The average molecular weight is 269 g/mol. The molecule has 106 valence electrons. The van der Waals surface area contributed by atoms with Crippen LogP contribution < -0.4 is 5.32 Å². The molecule has 0 aliphatic heterocycles. The monoisotopic (exact) mass is 269 g/mol. The van der Waals surface area contributed by atoms with E-state index in [1.165, 1.54) is 35.6 Å². The molecule has 0 aromatic heterocycles. The van der Waals surface area contributed by atoms with Crippen LogP contribution in [0.15, 0.2) is 42.5 Å². The Labute approximate surface area is 120 Å². The van der Waals surface area contributed by atoms with Crippen LogP contribution in [0.4, 0.5) is 0 Å². The van der Waals surface area contributed by atoms with Gasteiger partial charge in [0.25, 0.3) is 0 Å². The van der Waals surface area contributed by atoms with E-state index in [9.17, 15) is 5.11 Å². The maximum Gasteiger partial charge on any atom is 0.0462 e. The van der Waals surface area contributed by atoms with Gasteiger partial charge in [-0.15, -0.1) is 0 Å². The van der Waals surface area contributed by atoms with Gasteiger partial charge in [-0.3, -0.25) is 0 Å². The first-order chi connectivity index (χ1) is 9.88. The number of nitrogens with one attached hydrogen (secondary N) is 1. The maximum absolute atomic E-state index is 9.37. The molecule has 1 aliphatic rings. The molecule has 1 saturated carbocycles. The summed E-state index contributed by atoms with van der Waals surface area (Å²) in [6.45, 7) is 2.28. The third-order valence-corrected chi connectivity index (χ3v) is 4.65. The van der Waals surface area contributed by atoms with Crippen molar-refractivity contribution in [2.45, 2.75) is 25.8 Å². The second kappa shape index (κ2) is 6.38. The van der Waals surface area contributed by atoms with Gasteiger partial charge in [0, 0.05) is 13.2 Å². The van der Waals surface area contributed by atoms with Crippen molar-refractivity contribution in [2.24, 2.45) is 11.8 Å². The number of hydrogen-bond acceptors (Lipinski definition) is 2. The molecule has 1 aliphatic carbocycles. The lowest BCUT2D eigenvalue weighted by Crippen LogP contribution is -2.26. The minimum atomic E-state index is 0.348. The van der Waals surface area contributed by atoms with E-state index in [-0.39, 0.29) is 0 Å². The molecule has 2 aromatic rings. The molecule has 0 spiro atoms. The van der Waals surface area contributed by atoms with E-state index in [0.29, 0.717) is 18.4 Å². The molecule has 2 nitrogen and oxygen atoms in total. The average Bonchev–Trinajstić information content (AvgIpc) is 2.95.